The maximum atomic E-state index is 11.1. The van der Waals surface area contributed by atoms with Gasteiger partial charge in [0, 0.05) is 33.2 Å². The van der Waals surface area contributed by atoms with Gasteiger partial charge >= 0.3 is 5.69 Å². The summed E-state index contributed by atoms with van der Waals surface area (Å²) >= 11 is 0. The van der Waals surface area contributed by atoms with Gasteiger partial charge in [-0.2, -0.15) is 5.10 Å². The number of hydrogen-bond donors (Lipinski definition) is 0. The number of likely N-dealkylation sites (N-methyl/N-ethyl adjacent to an activating group) is 1. The molecule has 1 aromatic rings. The monoisotopic (exact) mass is 239 g/mol. The van der Waals surface area contributed by atoms with E-state index in [1.165, 1.54) is 0 Å². The molecule has 0 amide bonds. The molecule has 0 aromatic carbocycles. The van der Waals surface area contributed by atoms with Crippen molar-refractivity contribution in [3.8, 4) is 0 Å². The predicted molar refractivity (Wildman–Crippen MR) is 64.3 cm³/mol. The highest BCUT2D eigenvalue weighted by Gasteiger charge is 2.29. The zero-order chi connectivity index (χ0) is 12.6. The zero-order valence-corrected chi connectivity index (χ0v) is 10.4. The first kappa shape index (κ1) is 11.8. The molecule has 1 aliphatic rings. The predicted octanol–water partition coefficient (Wildman–Crippen LogP) is 0.389. The van der Waals surface area contributed by atoms with Gasteiger partial charge in [0.15, 0.2) is 0 Å². The normalized spacial score (nSPS) is 17.5. The molecular weight excluding hydrogens is 222 g/mol. The highest BCUT2D eigenvalue weighted by Crippen LogP contribution is 2.31. The first-order valence-electron chi connectivity index (χ1n) is 5.62. The fourth-order valence-electron chi connectivity index (χ4n) is 2.22. The molecule has 1 aliphatic heterocycles. The Morgan fingerprint density at radius 2 is 1.82 bits per heavy atom. The van der Waals surface area contributed by atoms with E-state index in [1.54, 1.807) is 18.7 Å². The van der Waals surface area contributed by atoms with Gasteiger partial charge in [-0.15, -0.1) is 0 Å². The Bertz CT molecular complexity index is 434. The summed E-state index contributed by atoms with van der Waals surface area (Å²) < 4.78 is 1.61. The topological polar surface area (TPSA) is 67.4 Å². The van der Waals surface area contributed by atoms with E-state index < -0.39 is 0 Å². The van der Waals surface area contributed by atoms with Gasteiger partial charge in [-0.05, 0) is 14.0 Å². The van der Waals surface area contributed by atoms with E-state index in [4.69, 9.17) is 0 Å². The van der Waals surface area contributed by atoms with Crippen molar-refractivity contribution in [3.63, 3.8) is 0 Å². The molecule has 1 saturated heterocycles. The van der Waals surface area contributed by atoms with Gasteiger partial charge in [-0.25, -0.2) is 4.68 Å². The van der Waals surface area contributed by atoms with Crippen molar-refractivity contribution in [1.29, 1.82) is 0 Å². The molecule has 0 atom stereocenters. The van der Waals surface area contributed by atoms with Crippen LogP contribution in [0.25, 0.3) is 0 Å². The molecule has 7 nitrogen and oxygen atoms in total. The zero-order valence-electron chi connectivity index (χ0n) is 10.4. The van der Waals surface area contributed by atoms with Gasteiger partial charge in [-0.1, -0.05) is 0 Å². The Balaban J connectivity index is 2.34. The van der Waals surface area contributed by atoms with Gasteiger partial charge in [0.1, 0.15) is 5.69 Å². The number of aromatic nitrogens is 2. The SMILES string of the molecule is Cc1nn(C)c(N2CCN(C)CC2)c1[N+](=O)[O-]. The number of hydrogen-bond acceptors (Lipinski definition) is 5. The molecule has 0 spiro atoms. The molecule has 0 unspecified atom stereocenters. The van der Waals surface area contributed by atoms with Gasteiger partial charge in [0.25, 0.3) is 0 Å². The number of rotatable bonds is 2. The van der Waals surface area contributed by atoms with E-state index in [1.807, 2.05) is 4.90 Å². The second-order valence-electron chi connectivity index (χ2n) is 4.43. The lowest BCUT2D eigenvalue weighted by atomic mass is 10.3. The number of anilines is 1. The summed E-state index contributed by atoms with van der Waals surface area (Å²) in [6, 6.07) is 0. The van der Waals surface area contributed by atoms with Crippen molar-refractivity contribution in [3.05, 3.63) is 15.8 Å². The average molecular weight is 239 g/mol. The maximum Gasteiger partial charge on any atom is 0.333 e. The Hall–Kier alpha value is -1.63. The van der Waals surface area contributed by atoms with Gasteiger partial charge in [0.2, 0.25) is 5.82 Å². The van der Waals surface area contributed by atoms with Crippen molar-refractivity contribution in [1.82, 2.24) is 14.7 Å². The number of nitrogens with zero attached hydrogens (tertiary/aromatic N) is 5. The van der Waals surface area contributed by atoms with E-state index in [-0.39, 0.29) is 10.6 Å². The van der Waals surface area contributed by atoms with Crippen LogP contribution in [0.1, 0.15) is 5.69 Å². The van der Waals surface area contributed by atoms with Crippen LogP contribution in [0.15, 0.2) is 0 Å². The molecule has 0 N–H and O–H groups in total. The maximum absolute atomic E-state index is 11.1. The molecule has 94 valence electrons. The molecule has 1 fully saturated rings. The summed E-state index contributed by atoms with van der Waals surface area (Å²) in [5.74, 6) is 0.626. The largest absolute Gasteiger partial charge is 0.349 e. The van der Waals surface area contributed by atoms with Crippen LogP contribution in [0.5, 0.6) is 0 Å². The van der Waals surface area contributed by atoms with Crippen LogP contribution < -0.4 is 4.90 Å². The third kappa shape index (κ3) is 2.10. The highest BCUT2D eigenvalue weighted by molar-refractivity contribution is 5.61. The Morgan fingerprint density at radius 3 is 2.35 bits per heavy atom. The molecule has 0 aliphatic carbocycles. The van der Waals surface area contributed by atoms with Crippen molar-refractivity contribution >= 4 is 11.5 Å². The van der Waals surface area contributed by atoms with Crippen molar-refractivity contribution in [2.75, 3.05) is 38.1 Å². The molecule has 7 heteroatoms. The lowest BCUT2D eigenvalue weighted by Gasteiger charge is -2.33. The lowest BCUT2D eigenvalue weighted by Crippen LogP contribution is -2.45. The van der Waals surface area contributed by atoms with Crippen LogP contribution in [0.3, 0.4) is 0 Å². The van der Waals surface area contributed by atoms with Gasteiger partial charge in [-0.3, -0.25) is 10.1 Å². The van der Waals surface area contributed by atoms with E-state index in [0.717, 1.165) is 26.2 Å². The molecule has 0 saturated carbocycles. The smallest absolute Gasteiger partial charge is 0.333 e. The van der Waals surface area contributed by atoms with E-state index in [0.29, 0.717) is 11.5 Å². The summed E-state index contributed by atoms with van der Waals surface area (Å²) in [5, 5.41) is 15.2. The average Bonchev–Trinajstić information content (AvgIpc) is 2.55. The third-order valence-electron chi connectivity index (χ3n) is 3.15. The molecular formula is C10H17N5O2. The highest BCUT2D eigenvalue weighted by atomic mass is 16.6. The lowest BCUT2D eigenvalue weighted by molar-refractivity contribution is -0.384. The van der Waals surface area contributed by atoms with Crippen LogP contribution in [0.4, 0.5) is 11.5 Å². The van der Waals surface area contributed by atoms with Crippen molar-refractivity contribution in [2.24, 2.45) is 7.05 Å². The minimum Gasteiger partial charge on any atom is -0.349 e. The summed E-state index contributed by atoms with van der Waals surface area (Å²) in [5.41, 5.74) is 0.614. The Kier molecular flexibility index (Phi) is 3.01. The van der Waals surface area contributed by atoms with Crippen LogP contribution in [-0.2, 0) is 7.05 Å². The first-order valence-corrected chi connectivity index (χ1v) is 5.62. The van der Waals surface area contributed by atoms with Gasteiger partial charge < -0.3 is 9.80 Å². The van der Waals surface area contributed by atoms with Crippen molar-refractivity contribution < 1.29 is 4.92 Å². The Morgan fingerprint density at radius 1 is 1.24 bits per heavy atom. The minimum absolute atomic E-state index is 0.136. The van der Waals surface area contributed by atoms with Crippen LogP contribution in [0.2, 0.25) is 0 Å². The second kappa shape index (κ2) is 4.33. The molecule has 2 heterocycles. The van der Waals surface area contributed by atoms with E-state index >= 15 is 0 Å². The first-order chi connectivity index (χ1) is 8.00. The van der Waals surface area contributed by atoms with Crippen LogP contribution in [0, 0.1) is 17.0 Å². The van der Waals surface area contributed by atoms with Crippen LogP contribution in [-0.4, -0.2) is 52.8 Å². The molecule has 0 bridgehead atoms. The standard InChI is InChI=1S/C10H17N5O2/c1-8-9(15(16)17)10(13(3)11-8)14-6-4-12(2)5-7-14/h4-7H2,1-3H3. The summed E-state index contributed by atoms with van der Waals surface area (Å²) in [6.07, 6.45) is 0. The summed E-state index contributed by atoms with van der Waals surface area (Å²) in [7, 11) is 3.81. The van der Waals surface area contributed by atoms with Gasteiger partial charge in [0.05, 0.1) is 4.92 Å². The fourth-order valence-corrected chi connectivity index (χ4v) is 2.22. The van der Waals surface area contributed by atoms with E-state index in [9.17, 15) is 10.1 Å². The molecule has 17 heavy (non-hydrogen) atoms. The molecule has 0 radical (unpaired) electrons. The number of aryl methyl sites for hydroxylation is 2. The van der Waals surface area contributed by atoms with Crippen molar-refractivity contribution in [2.45, 2.75) is 6.92 Å². The fraction of sp³-hybridized carbons (Fsp3) is 0.700. The second-order valence-corrected chi connectivity index (χ2v) is 4.43. The summed E-state index contributed by atoms with van der Waals surface area (Å²) in [6.45, 7) is 5.12. The van der Waals surface area contributed by atoms with Crippen LogP contribution >= 0.6 is 0 Å². The number of nitro groups is 1. The van der Waals surface area contributed by atoms with E-state index in [2.05, 4.69) is 17.0 Å². The summed E-state index contributed by atoms with van der Waals surface area (Å²) in [4.78, 5) is 15.0. The number of piperazine rings is 1. The third-order valence-corrected chi connectivity index (χ3v) is 3.15. The Labute approximate surface area is 99.8 Å². The molecule has 2 rings (SSSR count). The minimum atomic E-state index is -0.337. The quantitative estimate of drug-likeness (QED) is 0.551. The molecule has 1 aromatic heterocycles.